The van der Waals surface area contributed by atoms with Crippen LogP contribution < -0.4 is 5.32 Å². The lowest BCUT2D eigenvalue weighted by Crippen LogP contribution is -2.39. The van der Waals surface area contributed by atoms with Crippen LogP contribution in [0.2, 0.25) is 0 Å². The lowest BCUT2D eigenvalue weighted by Gasteiger charge is -2.29. The Morgan fingerprint density at radius 2 is 2.31 bits per heavy atom. The number of nitrogens with one attached hydrogen (secondary N) is 1. The molecule has 1 aliphatic carbocycles. The number of halogens is 1. The molecule has 1 saturated heterocycles. The highest BCUT2D eigenvalue weighted by molar-refractivity contribution is 9.10. The van der Waals surface area contributed by atoms with Gasteiger partial charge < -0.3 is 5.32 Å². The molecule has 1 fully saturated rings. The number of piperidine rings is 1. The van der Waals surface area contributed by atoms with E-state index in [1.165, 1.54) is 30.4 Å². The third-order valence-corrected chi connectivity index (χ3v) is 4.09. The molecule has 16 heavy (non-hydrogen) atoms. The van der Waals surface area contributed by atoms with E-state index in [0.717, 1.165) is 17.1 Å². The molecule has 1 N–H and O–H groups in total. The minimum Gasteiger partial charge on any atom is -0.310 e. The third-order valence-electron chi connectivity index (χ3n) is 3.62. The van der Waals surface area contributed by atoms with Crippen molar-refractivity contribution >= 4 is 21.5 Å². The molecule has 0 radical (unpaired) electrons. The SMILES string of the molecule is Brc1ccc(C2=CC[C@@H]3CCCN[C@H]23)cn1. The predicted molar refractivity (Wildman–Crippen MR) is 69.0 cm³/mol. The number of nitrogens with zero attached hydrogens (tertiary/aromatic N) is 1. The maximum absolute atomic E-state index is 4.31. The molecular formula is C13H15BrN2. The van der Waals surface area contributed by atoms with Gasteiger partial charge in [0.05, 0.1) is 0 Å². The number of hydrogen-bond acceptors (Lipinski definition) is 2. The predicted octanol–water partition coefficient (Wildman–Crippen LogP) is 3.00. The molecule has 2 nitrogen and oxygen atoms in total. The first kappa shape index (κ1) is 10.5. The summed E-state index contributed by atoms with van der Waals surface area (Å²) in [4.78, 5) is 4.31. The van der Waals surface area contributed by atoms with Crippen molar-refractivity contribution in [3.05, 3.63) is 34.6 Å². The summed E-state index contributed by atoms with van der Waals surface area (Å²) >= 11 is 3.38. The fourth-order valence-electron chi connectivity index (χ4n) is 2.82. The Morgan fingerprint density at radius 1 is 1.38 bits per heavy atom. The van der Waals surface area contributed by atoms with Gasteiger partial charge in [-0.1, -0.05) is 12.1 Å². The van der Waals surface area contributed by atoms with Crippen molar-refractivity contribution in [3.63, 3.8) is 0 Å². The molecule has 0 bridgehead atoms. The van der Waals surface area contributed by atoms with Crippen molar-refractivity contribution in [2.45, 2.75) is 25.3 Å². The van der Waals surface area contributed by atoms with Gasteiger partial charge >= 0.3 is 0 Å². The van der Waals surface area contributed by atoms with Gasteiger partial charge in [-0.05, 0) is 64.9 Å². The summed E-state index contributed by atoms with van der Waals surface area (Å²) in [5, 5.41) is 3.64. The summed E-state index contributed by atoms with van der Waals surface area (Å²) < 4.78 is 0.906. The van der Waals surface area contributed by atoms with E-state index in [4.69, 9.17) is 0 Å². The van der Waals surface area contributed by atoms with Gasteiger partial charge in [-0.2, -0.15) is 0 Å². The highest BCUT2D eigenvalue weighted by Crippen LogP contribution is 2.36. The second-order valence-corrected chi connectivity index (χ2v) is 5.41. The normalized spacial score (nSPS) is 28.7. The van der Waals surface area contributed by atoms with Crippen molar-refractivity contribution in [1.82, 2.24) is 10.3 Å². The highest BCUT2D eigenvalue weighted by Gasteiger charge is 2.32. The molecule has 2 aliphatic rings. The molecule has 0 saturated carbocycles. The van der Waals surface area contributed by atoms with Crippen molar-refractivity contribution in [3.8, 4) is 0 Å². The molecule has 84 valence electrons. The van der Waals surface area contributed by atoms with E-state index >= 15 is 0 Å². The molecule has 3 rings (SSSR count). The van der Waals surface area contributed by atoms with Crippen molar-refractivity contribution in [1.29, 1.82) is 0 Å². The van der Waals surface area contributed by atoms with Crippen LogP contribution in [0.4, 0.5) is 0 Å². The summed E-state index contributed by atoms with van der Waals surface area (Å²) in [6.45, 7) is 1.16. The van der Waals surface area contributed by atoms with Gasteiger partial charge in [-0.3, -0.25) is 0 Å². The van der Waals surface area contributed by atoms with Gasteiger partial charge in [0.2, 0.25) is 0 Å². The van der Waals surface area contributed by atoms with E-state index in [-0.39, 0.29) is 0 Å². The minimum absolute atomic E-state index is 0.566. The van der Waals surface area contributed by atoms with Crippen LogP contribution in [-0.2, 0) is 0 Å². The molecule has 1 aromatic rings. The topological polar surface area (TPSA) is 24.9 Å². The van der Waals surface area contributed by atoms with Crippen LogP contribution in [0.5, 0.6) is 0 Å². The molecule has 0 amide bonds. The molecule has 2 atom stereocenters. The summed E-state index contributed by atoms with van der Waals surface area (Å²) in [6.07, 6.45) is 8.26. The zero-order valence-electron chi connectivity index (χ0n) is 9.12. The van der Waals surface area contributed by atoms with Crippen LogP contribution in [-0.4, -0.2) is 17.6 Å². The lowest BCUT2D eigenvalue weighted by molar-refractivity contribution is 0.346. The van der Waals surface area contributed by atoms with E-state index in [0.29, 0.717) is 6.04 Å². The van der Waals surface area contributed by atoms with E-state index < -0.39 is 0 Å². The standard InChI is InChI=1S/C13H15BrN2/c14-12-6-4-10(8-16-12)11-5-3-9-2-1-7-15-13(9)11/h4-6,8-9,13,15H,1-3,7H2/t9-,13-/m0/s1. The molecule has 1 aliphatic heterocycles. The van der Waals surface area contributed by atoms with E-state index in [9.17, 15) is 0 Å². The maximum atomic E-state index is 4.31. The van der Waals surface area contributed by atoms with Crippen molar-refractivity contribution in [2.24, 2.45) is 5.92 Å². The van der Waals surface area contributed by atoms with Crippen LogP contribution in [0, 0.1) is 5.92 Å². The van der Waals surface area contributed by atoms with E-state index in [1.807, 2.05) is 12.3 Å². The van der Waals surface area contributed by atoms with Gasteiger partial charge in [0, 0.05) is 12.2 Å². The van der Waals surface area contributed by atoms with Crippen molar-refractivity contribution in [2.75, 3.05) is 6.54 Å². The fraction of sp³-hybridized carbons (Fsp3) is 0.462. The van der Waals surface area contributed by atoms with Crippen molar-refractivity contribution < 1.29 is 0 Å². The van der Waals surface area contributed by atoms with Gasteiger partial charge in [0.15, 0.2) is 0 Å². The summed E-state index contributed by atoms with van der Waals surface area (Å²) in [7, 11) is 0. The van der Waals surface area contributed by atoms with Crippen LogP contribution >= 0.6 is 15.9 Å². The van der Waals surface area contributed by atoms with E-state index in [1.54, 1.807) is 0 Å². The molecule has 0 aromatic carbocycles. The Labute approximate surface area is 104 Å². The number of allylic oxidation sites excluding steroid dienone is 1. The number of aromatic nitrogens is 1. The van der Waals surface area contributed by atoms with Crippen LogP contribution in [0.1, 0.15) is 24.8 Å². The number of pyridine rings is 1. The Kier molecular flexibility index (Phi) is 2.82. The second-order valence-electron chi connectivity index (χ2n) is 4.60. The molecule has 2 heterocycles. The van der Waals surface area contributed by atoms with Gasteiger partial charge in [0.25, 0.3) is 0 Å². The first-order valence-electron chi connectivity index (χ1n) is 5.90. The maximum Gasteiger partial charge on any atom is 0.106 e. The molecular weight excluding hydrogens is 264 g/mol. The monoisotopic (exact) mass is 278 g/mol. The largest absolute Gasteiger partial charge is 0.310 e. The number of fused-ring (bicyclic) bond motifs is 1. The van der Waals surface area contributed by atoms with Gasteiger partial charge in [-0.15, -0.1) is 0 Å². The first-order chi connectivity index (χ1) is 7.84. The zero-order chi connectivity index (χ0) is 11.0. The fourth-order valence-corrected chi connectivity index (χ4v) is 3.06. The summed E-state index contributed by atoms with van der Waals surface area (Å²) in [5.41, 5.74) is 2.72. The summed E-state index contributed by atoms with van der Waals surface area (Å²) in [5.74, 6) is 0.812. The van der Waals surface area contributed by atoms with E-state index in [2.05, 4.69) is 38.4 Å². The summed E-state index contributed by atoms with van der Waals surface area (Å²) in [6, 6.07) is 4.74. The molecule has 0 spiro atoms. The number of rotatable bonds is 1. The van der Waals surface area contributed by atoms with Crippen LogP contribution in [0.25, 0.3) is 5.57 Å². The quantitative estimate of drug-likeness (QED) is 0.799. The molecule has 1 aromatic heterocycles. The van der Waals surface area contributed by atoms with Gasteiger partial charge in [-0.25, -0.2) is 4.98 Å². The minimum atomic E-state index is 0.566. The smallest absolute Gasteiger partial charge is 0.106 e. The van der Waals surface area contributed by atoms with Crippen LogP contribution in [0.15, 0.2) is 29.0 Å². The Hall–Kier alpha value is -0.670. The Morgan fingerprint density at radius 3 is 3.12 bits per heavy atom. The average Bonchev–Trinajstić information content (AvgIpc) is 2.74. The molecule has 0 unspecified atom stereocenters. The molecule has 3 heteroatoms. The second kappa shape index (κ2) is 4.30. The zero-order valence-corrected chi connectivity index (χ0v) is 10.7. The highest BCUT2D eigenvalue weighted by atomic mass is 79.9. The third kappa shape index (κ3) is 1.82. The lowest BCUT2D eigenvalue weighted by atomic mass is 9.89. The first-order valence-corrected chi connectivity index (χ1v) is 6.69. The number of hydrogen-bond donors (Lipinski definition) is 1. The van der Waals surface area contributed by atoms with Gasteiger partial charge in [0.1, 0.15) is 4.60 Å². The average molecular weight is 279 g/mol. The Bertz CT molecular complexity index is 410. The van der Waals surface area contributed by atoms with Crippen LogP contribution in [0.3, 0.4) is 0 Å². The Balaban J connectivity index is 1.87.